The molecule has 90 valence electrons. The molecule has 17 heavy (non-hydrogen) atoms. The van der Waals surface area contributed by atoms with E-state index < -0.39 is 0 Å². The van der Waals surface area contributed by atoms with Crippen molar-refractivity contribution in [2.24, 2.45) is 11.7 Å². The number of nitrogens with zero attached hydrogens (tertiary/aromatic N) is 3. The second kappa shape index (κ2) is 4.76. The number of hydrogen-bond donors (Lipinski definition) is 1. The van der Waals surface area contributed by atoms with Gasteiger partial charge < -0.3 is 5.73 Å². The van der Waals surface area contributed by atoms with Crippen LogP contribution in [0.3, 0.4) is 0 Å². The highest BCUT2D eigenvalue weighted by Gasteiger charge is 2.12. The zero-order valence-corrected chi connectivity index (χ0v) is 11.4. The zero-order chi connectivity index (χ0) is 12.6. The van der Waals surface area contributed by atoms with E-state index in [1.807, 2.05) is 6.92 Å². The molecule has 1 unspecified atom stereocenters. The molecule has 0 aliphatic heterocycles. The molecule has 2 aromatic rings. The van der Waals surface area contributed by atoms with Gasteiger partial charge in [0.15, 0.2) is 0 Å². The van der Waals surface area contributed by atoms with Crippen LogP contribution in [0.15, 0.2) is 12.1 Å². The molecule has 2 rings (SSSR count). The predicted molar refractivity (Wildman–Crippen MR) is 73.5 cm³/mol. The van der Waals surface area contributed by atoms with Crippen LogP contribution in [0.5, 0.6) is 0 Å². The minimum atomic E-state index is 0.0457. The monoisotopic (exact) mass is 288 g/mol. The number of benzene rings is 1. The van der Waals surface area contributed by atoms with Crippen LogP contribution in [-0.2, 0) is 6.54 Å². The van der Waals surface area contributed by atoms with Gasteiger partial charge in [-0.25, -0.2) is 4.68 Å². The minimum absolute atomic E-state index is 0.0457. The normalized spacial score (nSPS) is 12.9. The highest BCUT2D eigenvalue weighted by molar-refractivity contribution is 7.80. The maximum Gasteiger partial charge on any atom is 0.114 e. The van der Waals surface area contributed by atoms with Gasteiger partial charge in [0.25, 0.3) is 0 Å². The second-order valence-corrected chi connectivity index (χ2v) is 5.12. The maximum absolute atomic E-state index is 5.96. The lowest BCUT2D eigenvalue weighted by molar-refractivity contribution is 0.540. The lowest BCUT2D eigenvalue weighted by Gasteiger charge is -2.09. The second-order valence-electron chi connectivity index (χ2n) is 3.83. The molecular weight excluding hydrogens is 279 g/mol. The van der Waals surface area contributed by atoms with E-state index in [-0.39, 0.29) is 5.92 Å². The molecular formula is C10H10Cl2N4S. The van der Waals surface area contributed by atoms with Crippen molar-refractivity contribution in [2.75, 3.05) is 0 Å². The first-order valence-corrected chi connectivity index (χ1v) is 6.13. The van der Waals surface area contributed by atoms with E-state index in [1.54, 1.807) is 16.8 Å². The molecule has 1 heterocycles. The lowest BCUT2D eigenvalue weighted by atomic mass is 10.2. The Kier molecular flexibility index (Phi) is 3.51. The van der Waals surface area contributed by atoms with Crippen molar-refractivity contribution >= 4 is 51.4 Å². The van der Waals surface area contributed by atoms with Crippen LogP contribution >= 0.6 is 35.4 Å². The van der Waals surface area contributed by atoms with E-state index >= 15 is 0 Å². The van der Waals surface area contributed by atoms with E-state index in [9.17, 15) is 0 Å². The molecule has 0 fully saturated rings. The van der Waals surface area contributed by atoms with Gasteiger partial charge >= 0.3 is 0 Å². The first-order chi connectivity index (χ1) is 7.99. The summed E-state index contributed by atoms with van der Waals surface area (Å²) in [5.74, 6) is 0.0457. The van der Waals surface area contributed by atoms with Gasteiger partial charge in [-0.1, -0.05) is 47.6 Å². The molecule has 4 nitrogen and oxygen atoms in total. The van der Waals surface area contributed by atoms with E-state index in [2.05, 4.69) is 10.3 Å². The van der Waals surface area contributed by atoms with Gasteiger partial charge in [-0.3, -0.25) is 0 Å². The van der Waals surface area contributed by atoms with Crippen LogP contribution in [0.1, 0.15) is 6.92 Å². The average Bonchev–Trinajstić information content (AvgIpc) is 2.62. The van der Waals surface area contributed by atoms with Crippen LogP contribution in [0, 0.1) is 5.92 Å². The Morgan fingerprint density at radius 3 is 2.76 bits per heavy atom. The molecule has 0 bridgehead atoms. The molecule has 2 N–H and O–H groups in total. The number of nitrogens with two attached hydrogens (primary N) is 1. The fraction of sp³-hybridized carbons (Fsp3) is 0.300. The number of rotatable bonds is 3. The maximum atomic E-state index is 5.96. The molecule has 7 heteroatoms. The molecule has 1 aromatic carbocycles. The molecule has 0 saturated heterocycles. The molecule has 0 spiro atoms. The van der Waals surface area contributed by atoms with Crippen LogP contribution in [0.25, 0.3) is 11.0 Å². The third kappa shape index (κ3) is 2.51. The average molecular weight is 289 g/mol. The van der Waals surface area contributed by atoms with Crippen molar-refractivity contribution in [1.82, 2.24) is 15.0 Å². The van der Waals surface area contributed by atoms with Crippen LogP contribution < -0.4 is 5.73 Å². The summed E-state index contributed by atoms with van der Waals surface area (Å²) in [5.41, 5.74) is 7.10. The van der Waals surface area contributed by atoms with E-state index in [1.165, 1.54) is 0 Å². The third-order valence-electron chi connectivity index (χ3n) is 2.49. The Hall–Kier alpha value is -0.910. The van der Waals surface area contributed by atoms with Gasteiger partial charge in [0, 0.05) is 5.92 Å². The number of aromatic nitrogens is 3. The molecule has 0 aliphatic carbocycles. The quantitative estimate of drug-likeness (QED) is 0.883. The van der Waals surface area contributed by atoms with Gasteiger partial charge in [0.2, 0.25) is 0 Å². The zero-order valence-electron chi connectivity index (χ0n) is 9.02. The SMILES string of the molecule is CC(Cn1nnc2cc(Cl)c(Cl)cc21)C(N)=S. The standard InChI is InChI=1S/C10H10Cl2N4S/c1-5(10(13)17)4-16-9-3-7(12)6(11)2-8(9)14-15-16/h2-3,5H,4H2,1H3,(H2,13,17). The van der Waals surface area contributed by atoms with Crippen molar-refractivity contribution in [3.63, 3.8) is 0 Å². The van der Waals surface area contributed by atoms with Gasteiger partial charge in [-0.05, 0) is 12.1 Å². The van der Waals surface area contributed by atoms with Crippen molar-refractivity contribution in [3.8, 4) is 0 Å². The van der Waals surface area contributed by atoms with Crippen molar-refractivity contribution in [2.45, 2.75) is 13.5 Å². The fourth-order valence-electron chi connectivity index (χ4n) is 1.45. The minimum Gasteiger partial charge on any atom is -0.393 e. The highest BCUT2D eigenvalue weighted by atomic mass is 35.5. The summed E-state index contributed by atoms with van der Waals surface area (Å²) in [6.45, 7) is 2.51. The van der Waals surface area contributed by atoms with Crippen molar-refractivity contribution < 1.29 is 0 Å². The lowest BCUT2D eigenvalue weighted by Crippen LogP contribution is -2.23. The first-order valence-electron chi connectivity index (χ1n) is 4.96. The third-order valence-corrected chi connectivity index (χ3v) is 3.61. The first kappa shape index (κ1) is 12.5. The van der Waals surface area contributed by atoms with E-state index in [0.29, 0.717) is 27.1 Å². The van der Waals surface area contributed by atoms with Crippen LogP contribution in [-0.4, -0.2) is 20.0 Å². The number of fused-ring (bicyclic) bond motifs is 1. The number of thiocarbonyl (C=S) groups is 1. The van der Waals surface area contributed by atoms with Gasteiger partial charge in [0.1, 0.15) is 5.52 Å². The Bertz CT molecular complexity index is 581. The van der Waals surface area contributed by atoms with Crippen molar-refractivity contribution in [1.29, 1.82) is 0 Å². The van der Waals surface area contributed by atoms with E-state index in [0.717, 1.165) is 5.52 Å². The molecule has 1 aromatic heterocycles. The number of halogens is 2. The summed E-state index contributed by atoms with van der Waals surface area (Å²) >= 11 is 16.8. The summed E-state index contributed by atoms with van der Waals surface area (Å²) in [5, 5.41) is 9.00. The smallest absolute Gasteiger partial charge is 0.114 e. The predicted octanol–water partition coefficient (Wildman–Crippen LogP) is 2.66. The molecule has 0 amide bonds. The van der Waals surface area contributed by atoms with E-state index in [4.69, 9.17) is 41.2 Å². The molecule has 0 aliphatic rings. The topological polar surface area (TPSA) is 56.7 Å². The summed E-state index contributed by atoms with van der Waals surface area (Å²) in [6.07, 6.45) is 0. The number of hydrogen-bond acceptors (Lipinski definition) is 3. The Labute approximate surface area is 114 Å². The largest absolute Gasteiger partial charge is 0.393 e. The summed E-state index contributed by atoms with van der Waals surface area (Å²) in [4.78, 5) is 0.453. The fourth-order valence-corrected chi connectivity index (χ4v) is 1.84. The highest BCUT2D eigenvalue weighted by Crippen LogP contribution is 2.26. The van der Waals surface area contributed by atoms with Gasteiger partial charge in [-0.2, -0.15) is 0 Å². The Morgan fingerprint density at radius 2 is 2.12 bits per heavy atom. The molecule has 1 atom stereocenters. The molecule has 0 radical (unpaired) electrons. The van der Waals surface area contributed by atoms with Crippen molar-refractivity contribution in [3.05, 3.63) is 22.2 Å². The van der Waals surface area contributed by atoms with Crippen LogP contribution in [0.2, 0.25) is 10.0 Å². The van der Waals surface area contributed by atoms with Crippen LogP contribution in [0.4, 0.5) is 0 Å². The summed E-state index contributed by atoms with van der Waals surface area (Å²) < 4.78 is 1.72. The van der Waals surface area contributed by atoms with Gasteiger partial charge in [0.05, 0.1) is 27.1 Å². The van der Waals surface area contributed by atoms with Gasteiger partial charge in [-0.15, -0.1) is 5.10 Å². The Balaban J connectivity index is 2.42. The molecule has 0 saturated carbocycles. The summed E-state index contributed by atoms with van der Waals surface area (Å²) in [6, 6.07) is 3.43. The summed E-state index contributed by atoms with van der Waals surface area (Å²) in [7, 11) is 0. The Morgan fingerprint density at radius 1 is 1.47 bits per heavy atom.